The van der Waals surface area contributed by atoms with Gasteiger partial charge < -0.3 is 10.1 Å². The van der Waals surface area contributed by atoms with Crippen LogP contribution in [0.15, 0.2) is 48.4 Å². The van der Waals surface area contributed by atoms with Gasteiger partial charge in [-0.1, -0.05) is 6.07 Å². The molecule has 0 radical (unpaired) electrons. The molecule has 132 valence electrons. The summed E-state index contributed by atoms with van der Waals surface area (Å²) in [4.78, 5) is 18.0. The SMILES string of the molecule is CCOCn1cc(NC(=O)c2cnn3c(-c4cccs4)ccnc23)cn1. The molecule has 1 N–H and O–H groups in total. The van der Waals surface area contributed by atoms with Crippen molar-refractivity contribution in [2.75, 3.05) is 11.9 Å². The Balaban J connectivity index is 1.60. The summed E-state index contributed by atoms with van der Waals surface area (Å²) in [5, 5.41) is 13.3. The fourth-order valence-corrected chi connectivity index (χ4v) is 3.28. The maximum absolute atomic E-state index is 12.6. The van der Waals surface area contributed by atoms with Crippen LogP contribution < -0.4 is 5.32 Å². The standard InChI is InChI=1S/C17H16N6O2S/c1-2-25-11-22-10-12(8-19-22)21-17(24)13-9-20-23-14(5-6-18-16(13)23)15-4-3-7-26-15/h3-10H,2,11H2,1H3,(H,21,24). The maximum Gasteiger partial charge on any atom is 0.261 e. The molecular formula is C17H16N6O2S. The fourth-order valence-electron chi connectivity index (χ4n) is 2.54. The van der Waals surface area contributed by atoms with E-state index < -0.39 is 0 Å². The highest BCUT2D eigenvalue weighted by atomic mass is 32.1. The first-order valence-corrected chi connectivity index (χ1v) is 8.92. The largest absolute Gasteiger partial charge is 0.360 e. The van der Waals surface area contributed by atoms with Gasteiger partial charge in [-0.25, -0.2) is 14.2 Å². The summed E-state index contributed by atoms with van der Waals surface area (Å²) in [5.74, 6) is -0.285. The Kier molecular flexibility index (Phi) is 4.46. The molecule has 0 unspecified atom stereocenters. The number of hydrogen-bond donors (Lipinski definition) is 1. The number of thiophene rings is 1. The smallest absolute Gasteiger partial charge is 0.261 e. The van der Waals surface area contributed by atoms with Gasteiger partial charge in [0.2, 0.25) is 0 Å². The van der Waals surface area contributed by atoms with Gasteiger partial charge in [-0.15, -0.1) is 11.3 Å². The van der Waals surface area contributed by atoms with Crippen molar-refractivity contribution in [3.63, 3.8) is 0 Å². The number of rotatable bonds is 6. The number of aromatic nitrogens is 5. The average molecular weight is 368 g/mol. The van der Waals surface area contributed by atoms with Gasteiger partial charge in [0.05, 0.1) is 34.8 Å². The number of carbonyl (C=O) groups excluding carboxylic acids is 1. The van der Waals surface area contributed by atoms with Crippen LogP contribution in [0, 0.1) is 0 Å². The Bertz CT molecular complexity index is 1040. The average Bonchev–Trinajstić information content (AvgIpc) is 3.39. The minimum Gasteiger partial charge on any atom is -0.360 e. The highest BCUT2D eigenvalue weighted by Crippen LogP contribution is 2.25. The summed E-state index contributed by atoms with van der Waals surface area (Å²) in [5.41, 5.74) is 2.40. The Morgan fingerprint density at radius 2 is 2.23 bits per heavy atom. The van der Waals surface area contributed by atoms with Crippen molar-refractivity contribution in [1.82, 2.24) is 24.4 Å². The summed E-state index contributed by atoms with van der Waals surface area (Å²) in [6.45, 7) is 2.85. The zero-order valence-corrected chi connectivity index (χ0v) is 14.8. The van der Waals surface area contributed by atoms with Crippen LogP contribution in [0.5, 0.6) is 0 Å². The summed E-state index contributed by atoms with van der Waals surface area (Å²) < 4.78 is 8.57. The number of carbonyl (C=O) groups is 1. The molecule has 1 amide bonds. The van der Waals surface area contributed by atoms with E-state index in [4.69, 9.17) is 4.74 Å². The van der Waals surface area contributed by atoms with Crippen molar-refractivity contribution < 1.29 is 9.53 Å². The van der Waals surface area contributed by atoms with Crippen LogP contribution in [0.1, 0.15) is 17.3 Å². The van der Waals surface area contributed by atoms with E-state index >= 15 is 0 Å². The molecule has 0 aromatic carbocycles. The van der Waals surface area contributed by atoms with Gasteiger partial charge in [-0.05, 0) is 24.4 Å². The number of amides is 1. The van der Waals surface area contributed by atoms with Crippen LogP contribution in [0.2, 0.25) is 0 Å². The number of hydrogen-bond acceptors (Lipinski definition) is 6. The maximum atomic E-state index is 12.6. The Labute approximate surface area is 153 Å². The third kappa shape index (κ3) is 3.09. The van der Waals surface area contributed by atoms with Gasteiger partial charge in [0, 0.05) is 12.8 Å². The molecule has 26 heavy (non-hydrogen) atoms. The first kappa shape index (κ1) is 16.4. The molecule has 0 saturated carbocycles. The second-order valence-electron chi connectivity index (χ2n) is 5.45. The summed E-state index contributed by atoms with van der Waals surface area (Å²) >= 11 is 1.61. The lowest BCUT2D eigenvalue weighted by Gasteiger charge is -2.03. The van der Waals surface area contributed by atoms with Crippen molar-refractivity contribution in [2.24, 2.45) is 0 Å². The minimum atomic E-state index is -0.285. The molecule has 0 atom stereocenters. The van der Waals surface area contributed by atoms with E-state index in [1.165, 1.54) is 6.20 Å². The Morgan fingerprint density at radius 3 is 3.04 bits per heavy atom. The third-order valence-corrected chi connectivity index (χ3v) is 4.63. The van der Waals surface area contributed by atoms with E-state index in [0.717, 1.165) is 10.6 Å². The first-order valence-electron chi connectivity index (χ1n) is 8.04. The van der Waals surface area contributed by atoms with Gasteiger partial charge in [0.1, 0.15) is 12.3 Å². The van der Waals surface area contributed by atoms with Gasteiger partial charge >= 0.3 is 0 Å². The lowest BCUT2D eigenvalue weighted by atomic mass is 10.3. The molecule has 4 heterocycles. The number of fused-ring (bicyclic) bond motifs is 1. The zero-order chi connectivity index (χ0) is 17.9. The van der Waals surface area contributed by atoms with Crippen LogP contribution in [0.4, 0.5) is 5.69 Å². The number of nitrogens with zero attached hydrogens (tertiary/aromatic N) is 5. The molecule has 0 aliphatic heterocycles. The monoisotopic (exact) mass is 368 g/mol. The summed E-state index contributed by atoms with van der Waals surface area (Å²) in [6.07, 6.45) is 6.50. The predicted molar refractivity (Wildman–Crippen MR) is 98.1 cm³/mol. The van der Waals surface area contributed by atoms with Crippen LogP contribution >= 0.6 is 11.3 Å². The second kappa shape index (κ2) is 7.06. The highest BCUT2D eigenvalue weighted by molar-refractivity contribution is 7.13. The van der Waals surface area contributed by atoms with Gasteiger partial charge in [-0.3, -0.25) is 4.79 Å². The number of ether oxygens (including phenoxy) is 1. The van der Waals surface area contributed by atoms with Crippen LogP contribution in [0.25, 0.3) is 16.2 Å². The van der Waals surface area contributed by atoms with Crippen molar-refractivity contribution in [3.8, 4) is 10.6 Å². The number of anilines is 1. The van der Waals surface area contributed by atoms with E-state index in [1.807, 2.05) is 30.5 Å². The molecule has 0 aliphatic rings. The van der Waals surface area contributed by atoms with E-state index in [9.17, 15) is 4.79 Å². The van der Waals surface area contributed by atoms with Crippen molar-refractivity contribution in [3.05, 3.63) is 53.9 Å². The zero-order valence-electron chi connectivity index (χ0n) is 14.0. The molecule has 4 rings (SSSR count). The molecule has 0 saturated heterocycles. The minimum absolute atomic E-state index is 0.285. The summed E-state index contributed by atoms with van der Waals surface area (Å²) in [7, 11) is 0. The molecule has 0 spiro atoms. The Hall–Kier alpha value is -3.04. The highest BCUT2D eigenvalue weighted by Gasteiger charge is 2.17. The fraction of sp³-hybridized carbons (Fsp3) is 0.176. The Morgan fingerprint density at radius 1 is 1.31 bits per heavy atom. The van der Waals surface area contributed by atoms with Crippen molar-refractivity contribution in [1.29, 1.82) is 0 Å². The van der Waals surface area contributed by atoms with E-state index in [0.29, 0.717) is 30.2 Å². The van der Waals surface area contributed by atoms with Crippen LogP contribution in [-0.2, 0) is 11.5 Å². The molecule has 0 bridgehead atoms. The predicted octanol–water partition coefficient (Wildman–Crippen LogP) is 2.90. The van der Waals surface area contributed by atoms with Crippen molar-refractivity contribution in [2.45, 2.75) is 13.7 Å². The normalized spacial score (nSPS) is 11.1. The lowest BCUT2D eigenvalue weighted by Crippen LogP contribution is -2.11. The molecule has 4 aromatic heterocycles. The van der Waals surface area contributed by atoms with Gasteiger partial charge in [-0.2, -0.15) is 10.2 Å². The molecule has 0 aliphatic carbocycles. The second-order valence-corrected chi connectivity index (χ2v) is 6.39. The van der Waals surface area contributed by atoms with E-state index in [2.05, 4.69) is 20.5 Å². The number of nitrogens with one attached hydrogen (secondary N) is 1. The van der Waals surface area contributed by atoms with Crippen LogP contribution in [0.3, 0.4) is 0 Å². The molecular weight excluding hydrogens is 352 g/mol. The van der Waals surface area contributed by atoms with E-state index in [1.54, 1.807) is 39.1 Å². The van der Waals surface area contributed by atoms with Crippen molar-refractivity contribution >= 4 is 28.6 Å². The third-order valence-electron chi connectivity index (χ3n) is 3.74. The topological polar surface area (TPSA) is 86.3 Å². The van der Waals surface area contributed by atoms with Gasteiger partial charge in [0.25, 0.3) is 5.91 Å². The van der Waals surface area contributed by atoms with Gasteiger partial charge in [0.15, 0.2) is 5.65 Å². The molecule has 0 fully saturated rings. The molecule has 4 aromatic rings. The lowest BCUT2D eigenvalue weighted by molar-refractivity contribution is 0.0792. The van der Waals surface area contributed by atoms with E-state index in [-0.39, 0.29) is 5.91 Å². The quantitative estimate of drug-likeness (QED) is 0.565. The van der Waals surface area contributed by atoms with Crippen LogP contribution in [-0.4, -0.2) is 36.9 Å². The first-order chi connectivity index (χ1) is 12.8. The molecule has 8 nitrogen and oxygen atoms in total. The summed E-state index contributed by atoms with van der Waals surface area (Å²) in [6, 6.07) is 5.86. The molecule has 9 heteroatoms.